The first-order chi connectivity index (χ1) is 10.1. The zero-order valence-electron chi connectivity index (χ0n) is 11.8. The number of benzene rings is 1. The summed E-state index contributed by atoms with van der Waals surface area (Å²) in [5, 5.41) is 6.31. The van der Waals surface area contributed by atoms with Crippen molar-refractivity contribution in [1.29, 1.82) is 0 Å². The Morgan fingerprint density at radius 1 is 1.38 bits per heavy atom. The van der Waals surface area contributed by atoms with Crippen LogP contribution in [0.3, 0.4) is 0 Å². The molecule has 0 aliphatic rings. The number of H-pyrrole nitrogens is 1. The van der Waals surface area contributed by atoms with Gasteiger partial charge in [0.1, 0.15) is 5.69 Å². The number of aromatic nitrogens is 1. The maximum atomic E-state index is 12.2. The Balaban J connectivity index is 2.42. The molecule has 2 aromatic rings. The molecule has 0 saturated carbocycles. The molecule has 0 amide bonds. The Kier molecular flexibility index (Phi) is 4.90. The molecule has 0 unspecified atom stereocenters. The van der Waals surface area contributed by atoms with E-state index in [2.05, 4.69) is 22.2 Å². The van der Waals surface area contributed by atoms with Crippen LogP contribution >= 0.6 is 12.2 Å². The molecule has 1 heterocycles. The molecule has 0 radical (unpaired) electrons. The Morgan fingerprint density at radius 3 is 2.76 bits per heavy atom. The monoisotopic (exact) mass is 299 g/mol. The van der Waals surface area contributed by atoms with Crippen LogP contribution in [0.4, 0.5) is 5.69 Å². The summed E-state index contributed by atoms with van der Waals surface area (Å²) in [6.45, 7) is 6.01. The smallest absolute Gasteiger partial charge is 0.272 e. The van der Waals surface area contributed by atoms with Gasteiger partial charge in [0.15, 0.2) is 5.11 Å². The minimum absolute atomic E-state index is 0.198. The fourth-order valence-corrected chi connectivity index (χ4v) is 2.17. The number of hydrogen-bond acceptors (Lipinski definition) is 2. The molecule has 0 aliphatic heterocycles. The molecule has 0 fully saturated rings. The van der Waals surface area contributed by atoms with E-state index in [-0.39, 0.29) is 5.56 Å². The lowest BCUT2D eigenvalue weighted by atomic mass is 10.0. The maximum absolute atomic E-state index is 12.2. The summed E-state index contributed by atoms with van der Waals surface area (Å²) in [7, 11) is 0. The predicted octanol–water partition coefficient (Wildman–Crippen LogP) is 2.82. The number of hydrogen-bond donors (Lipinski definition) is 3. The number of aryl methyl sites for hydroxylation is 1. The van der Waals surface area contributed by atoms with Gasteiger partial charge in [-0.3, -0.25) is 4.79 Å². The van der Waals surface area contributed by atoms with Crippen LogP contribution in [0.25, 0.3) is 11.1 Å². The van der Waals surface area contributed by atoms with Crippen LogP contribution in [0.15, 0.2) is 53.8 Å². The zero-order valence-corrected chi connectivity index (χ0v) is 12.6. The Bertz CT molecular complexity index is 707. The molecule has 21 heavy (non-hydrogen) atoms. The maximum Gasteiger partial charge on any atom is 0.272 e. The SMILES string of the molecule is C=CCNC(=S)Nc1c(-c2ccccc2)cc(C)[nH]c1=O. The number of aromatic amines is 1. The van der Waals surface area contributed by atoms with Crippen molar-refractivity contribution in [3.8, 4) is 11.1 Å². The van der Waals surface area contributed by atoms with Crippen LogP contribution in [0.5, 0.6) is 0 Å². The molecular formula is C16H17N3OS. The molecule has 2 rings (SSSR count). The summed E-state index contributed by atoms with van der Waals surface area (Å²) in [5.74, 6) is 0. The summed E-state index contributed by atoms with van der Waals surface area (Å²) in [4.78, 5) is 15.0. The number of rotatable bonds is 4. The molecule has 0 aliphatic carbocycles. The van der Waals surface area contributed by atoms with Crippen molar-refractivity contribution in [2.24, 2.45) is 0 Å². The van der Waals surface area contributed by atoms with Gasteiger partial charge in [-0.25, -0.2) is 0 Å². The van der Waals surface area contributed by atoms with Crippen molar-refractivity contribution >= 4 is 23.0 Å². The van der Waals surface area contributed by atoms with Gasteiger partial charge < -0.3 is 15.6 Å². The van der Waals surface area contributed by atoms with E-state index in [1.165, 1.54) is 0 Å². The quantitative estimate of drug-likeness (QED) is 0.600. The molecule has 0 bridgehead atoms. The molecule has 1 aromatic carbocycles. The van der Waals surface area contributed by atoms with Crippen LogP contribution in [-0.4, -0.2) is 16.6 Å². The van der Waals surface area contributed by atoms with E-state index in [1.807, 2.05) is 43.3 Å². The largest absolute Gasteiger partial charge is 0.359 e. The third-order valence-electron chi connectivity index (χ3n) is 2.90. The number of nitrogens with one attached hydrogen (secondary N) is 3. The lowest BCUT2D eigenvalue weighted by molar-refractivity contribution is 1.06. The van der Waals surface area contributed by atoms with E-state index in [1.54, 1.807) is 6.08 Å². The number of pyridine rings is 1. The summed E-state index contributed by atoms with van der Waals surface area (Å²) in [6, 6.07) is 11.6. The van der Waals surface area contributed by atoms with Crippen LogP contribution in [0, 0.1) is 6.92 Å². The van der Waals surface area contributed by atoms with Crippen molar-refractivity contribution in [3.05, 3.63) is 65.1 Å². The van der Waals surface area contributed by atoms with E-state index < -0.39 is 0 Å². The van der Waals surface area contributed by atoms with Crippen molar-refractivity contribution in [1.82, 2.24) is 10.3 Å². The Labute approximate surface area is 128 Å². The third-order valence-corrected chi connectivity index (χ3v) is 3.14. The van der Waals surface area contributed by atoms with Gasteiger partial charge in [0.2, 0.25) is 0 Å². The first-order valence-electron chi connectivity index (χ1n) is 6.57. The zero-order chi connectivity index (χ0) is 15.2. The van der Waals surface area contributed by atoms with Crippen molar-refractivity contribution in [2.45, 2.75) is 6.92 Å². The number of anilines is 1. The fraction of sp³-hybridized carbons (Fsp3) is 0.125. The van der Waals surface area contributed by atoms with Crippen LogP contribution in [0.2, 0.25) is 0 Å². The number of thiocarbonyl (C=S) groups is 1. The van der Waals surface area contributed by atoms with Gasteiger partial charge in [-0.2, -0.15) is 0 Å². The minimum atomic E-state index is -0.198. The molecule has 0 atom stereocenters. The predicted molar refractivity (Wildman–Crippen MR) is 91.7 cm³/mol. The van der Waals surface area contributed by atoms with Crippen LogP contribution < -0.4 is 16.2 Å². The van der Waals surface area contributed by atoms with Crippen LogP contribution in [0.1, 0.15) is 5.69 Å². The van der Waals surface area contributed by atoms with E-state index in [9.17, 15) is 4.79 Å². The van der Waals surface area contributed by atoms with Gasteiger partial charge in [-0.1, -0.05) is 36.4 Å². The summed E-state index contributed by atoms with van der Waals surface area (Å²) < 4.78 is 0. The third kappa shape index (κ3) is 3.79. The Morgan fingerprint density at radius 2 is 2.10 bits per heavy atom. The van der Waals surface area contributed by atoms with E-state index >= 15 is 0 Å². The Hall–Kier alpha value is -2.40. The molecular weight excluding hydrogens is 282 g/mol. The molecule has 0 saturated heterocycles. The van der Waals surface area contributed by atoms with Crippen LogP contribution in [-0.2, 0) is 0 Å². The van der Waals surface area contributed by atoms with Gasteiger partial charge in [-0.15, -0.1) is 6.58 Å². The average molecular weight is 299 g/mol. The highest BCUT2D eigenvalue weighted by Gasteiger charge is 2.11. The topological polar surface area (TPSA) is 56.9 Å². The fourth-order valence-electron chi connectivity index (χ4n) is 1.98. The second kappa shape index (κ2) is 6.85. The molecule has 3 N–H and O–H groups in total. The first kappa shape index (κ1) is 15.0. The molecule has 5 heteroatoms. The standard InChI is InChI=1S/C16H17N3OS/c1-3-9-17-16(21)19-14-13(10-11(2)18-15(14)20)12-7-5-4-6-8-12/h3-8,10H,1,9H2,2H3,(H,18,20)(H2,17,19,21). The van der Waals surface area contributed by atoms with E-state index in [0.29, 0.717) is 17.3 Å². The average Bonchev–Trinajstić information content (AvgIpc) is 2.48. The second-order valence-electron chi connectivity index (χ2n) is 4.56. The van der Waals surface area contributed by atoms with Gasteiger partial charge in [0.25, 0.3) is 5.56 Å². The molecule has 4 nitrogen and oxygen atoms in total. The van der Waals surface area contributed by atoms with Gasteiger partial charge >= 0.3 is 0 Å². The highest BCUT2D eigenvalue weighted by Crippen LogP contribution is 2.25. The highest BCUT2D eigenvalue weighted by molar-refractivity contribution is 7.80. The molecule has 1 aromatic heterocycles. The summed E-state index contributed by atoms with van der Waals surface area (Å²) in [5.41, 5.74) is 2.82. The first-order valence-corrected chi connectivity index (χ1v) is 6.97. The van der Waals surface area contributed by atoms with Crippen molar-refractivity contribution in [3.63, 3.8) is 0 Å². The highest BCUT2D eigenvalue weighted by atomic mass is 32.1. The molecule has 0 spiro atoms. The minimum Gasteiger partial charge on any atom is -0.359 e. The normalized spacial score (nSPS) is 9.95. The summed E-state index contributed by atoms with van der Waals surface area (Å²) >= 11 is 5.18. The lowest BCUT2D eigenvalue weighted by Crippen LogP contribution is -2.31. The van der Waals surface area contributed by atoms with Gasteiger partial charge in [0.05, 0.1) is 0 Å². The summed E-state index contributed by atoms with van der Waals surface area (Å²) in [6.07, 6.45) is 1.70. The van der Waals surface area contributed by atoms with E-state index in [4.69, 9.17) is 12.2 Å². The lowest BCUT2D eigenvalue weighted by Gasteiger charge is -2.13. The molecule has 108 valence electrons. The van der Waals surface area contributed by atoms with Gasteiger partial charge in [0, 0.05) is 17.8 Å². The van der Waals surface area contributed by atoms with Gasteiger partial charge in [-0.05, 0) is 30.8 Å². The second-order valence-corrected chi connectivity index (χ2v) is 4.97. The van der Waals surface area contributed by atoms with Crippen molar-refractivity contribution in [2.75, 3.05) is 11.9 Å². The van der Waals surface area contributed by atoms with E-state index in [0.717, 1.165) is 16.8 Å². The van der Waals surface area contributed by atoms with Crippen molar-refractivity contribution < 1.29 is 0 Å².